The second kappa shape index (κ2) is 3.95. The standard InChI is InChI=1S/C11H11ClN2O/c1-8-5-11(15)14(13-8)7-9-3-2-4-10(12)6-9/h2-6,13H,7H2,1H3. The fourth-order valence-corrected chi connectivity index (χ4v) is 1.71. The smallest absolute Gasteiger partial charge is 0.267 e. The molecule has 0 saturated heterocycles. The molecule has 2 rings (SSSR count). The van der Waals surface area contributed by atoms with Gasteiger partial charge in [-0.05, 0) is 24.6 Å². The lowest BCUT2D eigenvalue weighted by atomic mass is 10.2. The molecule has 3 nitrogen and oxygen atoms in total. The molecule has 0 aliphatic rings. The van der Waals surface area contributed by atoms with Gasteiger partial charge in [0.15, 0.2) is 0 Å². The Labute approximate surface area is 92.3 Å². The monoisotopic (exact) mass is 222 g/mol. The summed E-state index contributed by atoms with van der Waals surface area (Å²) >= 11 is 5.86. The first-order valence-electron chi connectivity index (χ1n) is 4.66. The van der Waals surface area contributed by atoms with E-state index < -0.39 is 0 Å². The maximum Gasteiger partial charge on any atom is 0.267 e. The van der Waals surface area contributed by atoms with E-state index in [2.05, 4.69) is 5.10 Å². The summed E-state index contributed by atoms with van der Waals surface area (Å²) < 4.78 is 1.56. The number of aryl methyl sites for hydroxylation is 1. The van der Waals surface area contributed by atoms with Crippen LogP contribution < -0.4 is 5.56 Å². The number of benzene rings is 1. The second-order valence-electron chi connectivity index (χ2n) is 3.49. The van der Waals surface area contributed by atoms with Crippen LogP contribution in [0.2, 0.25) is 5.02 Å². The molecular weight excluding hydrogens is 212 g/mol. The lowest BCUT2D eigenvalue weighted by Crippen LogP contribution is -2.16. The quantitative estimate of drug-likeness (QED) is 0.831. The number of halogens is 1. The summed E-state index contributed by atoms with van der Waals surface area (Å²) in [4.78, 5) is 11.4. The van der Waals surface area contributed by atoms with Crippen LogP contribution in [0.5, 0.6) is 0 Å². The van der Waals surface area contributed by atoms with E-state index >= 15 is 0 Å². The van der Waals surface area contributed by atoms with Crippen molar-refractivity contribution in [3.63, 3.8) is 0 Å². The van der Waals surface area contributed by atoms with Crippen LogP contribution in [-0.4, -0.2) is 9.78 Å². The third-order valence-electron chi connectivity index (χ3n) is 2.15. The molecule has 78 valence electrons. The van der Waals surface area contributed by atoms with Gasteiger partial charge in [0.1, 0.15) is 0 Å². The first-order valence-corrected chi connectivity index (χ1v) is 5.04. The summed E-state index contributed by atoms with van der Waals surface area (Å²) in [6.45, 7) is 2.38. The first kappa shape index (κ1) is 10.1. The SMILES string of the molecule is Cc1cc(=O)n(Cc2cccc(Cl)c2)[nH]1. The van der Waals surface area contributed by atoms with Gasteiger partial charge < -0.3 is 0 Å². The molecule has 1 aromatic carbocycles. The molecule has 15 heavy (non-hydrogen) atoms. The average molecular weight is 223 g/mol. The largest absolute Gasteiger partial charge is 0.300 e. The molecule has 1 heterocycles. The van der Waals surface area contributed by atoms with Crippen molar-refractivity contribution in [1.82, 2.24) is 9.78 Å². The van der Waals surface area contributed by atoms with Crippen LogP contribution >= 0.6 is 11.6 Å². The Morgan fingerprint density at radius 2 is 2.20 bits per heavy atom. The van der Waals surface area contributed by atoms with Crippen molar-refractivity contribution in [2.45, 2.75) is 13.5 Å². The van der Waals surface area contributed by atoms with Gasteiger partial charge in [0.05, 0.1) is 6.54 Å². The van der Waals surface area contributed by atoms with Crippen LogP contribution in [0.4, 0.5) is 0 Å². The minimum absolute atomic E-state index is 0.0209. The molecule has 1 N–H and O–H groups in total. The summed E-state index contributed by atoms with van der Waals surface area (Å²) in [5, 5.41) is 3.66. The topological polar surface area (TPSA) is 37.8 Å². The molecule has 1 aromatic heterocycles. The Balaban J connectivity index is 2.29. The van der Waals surface area contributed by atoms with Crippen molar-refractivity contribution in [2.75, 3.05) is 0 Å². The van der Waals surface area contributed by atoms with Crippen LogP contribution in [0, 0.1) is 6.92 Å². The Bertz CT molecular complexity index is 527. The zero-order valence-corrected chi connectivity index (χ0v) is 9.08. The Morgan fingerprint density at radius 1 is 1.40 bits per heavy atom. The van der Waals surface area contributed by atoms with Gasteiger partial charge in [-0.1, -0.05) is 23.7 Å². The Kier molecular flexibility index (Phi) is 2.64. The molecule has 0 saturated carbocycles. The lowest BCUT2D eigenvalue weighted by molar-refractivity contribution is 0.658. The molecule has 4 heteroatoms. The van der Waals surface area contributed by atoms with Crippen LogP contribution in [0.1, 0.15) is 11.3 Å². The number of H-pyrrole nitrogens is 1. The third kappa shape index (κ3) is 2.30. The Hall–Kier alpha value is -1.48. The number of aromatic nitrogens is 2. The summed E-state index contributed by atoms with van der Waals surface area (Å²) in [5.41, 5.74) is 1.85. The van der Waals surface area contributed by atoms with Crippen molar-refractivity contribution >= 4 is 11.6 Å². The maximum absolute atomic E-state index is 11.4. The van der Waals surface area contributed by atoms with Crippen LogP contribution in [0.3, 0.4) is 0 Å². The normalized spacial score (nSPS) is 10.5. The van der Waals surface area contributed by atoms with Crippen molar-refractivity contribution < 1.29 is 0 Å². The van der Waals surface area contributed by atoms with Gasteiger partial charge in [0.25, 0.3) is 5.56 Å². The highest BCUT2D eigenvalue weighted by Crippen LogP contribution is 2.10. The van der Waals surface area contributed by atoms with E-state index in [0.717, 1.165) is 11.3 Å². The van der Waals surface area contributed by atoms with Gasteiger partial charge in [-0.25, -0.2) is 4.68 Å². The van der Waals surface area contributed by atoms with Crippen LogP contribution in [0.25, 0.3) is 0 Å². The van der Waals surface area contributed by atoms with E-state index in [-0.39, 0.29) is 5.56 Å². The van der Waals surface area contributed by atoms with E-state index in [1.807, 2.05) is 31.2 Å². The molecule has 0 amide bonds. The van der Waals surface area contributed by atoms with E-state index in [4.69, 9.17) is 11.6 Å². The first-order chi connectivity index (χ1) is 7.15. The fourth-order valence-electron chi connectivity index (χ4n) is 1.50. The van der Waals surface area contributed by atoms with Gasteiger partial charge in [-0.3, -0.25) is 9.89 Å². The van der Waals surface area contributed by atoms with Crippen LogP contribution in [0.15, 0.2) is 35.1 Å². The zero-order chi connectivity index (χ0) is 10.8. The Morgan fingerprint density at radius 3 is 2.80 bits per heavy atom. The van der Waals surface area contributed by atoms with E-state index in [9.17, 15) is 4.79 Å². The molecule has 0 aliphatic carbocycles. The summed E-state index contributed by atoms with van der Waals surface area (Å²) in [6.07, 6.45) is 0. The minimum atomic E-state index is -0.0209. The third-order valence-corrected chi connectivity index (χ3v) is 2.38. The zero-order valence-electron chi connectivity index (χ0n) is 8.33. The molecule has 0 unspecified atom stereocenters. The number of hydrogen-bond donors (Lipinski definition) is 1. The molecule has 0 atom stereocenters. The number of nitrogens with zero attached hydrogens (tertiary/aromatic N) is 1. The molecule has 0 aliphatic heterocycles. The van der Waals surface area contributed by atoms with Crippen LogP contribution in [-0.2, 0) is 6.54 Å². The molecule has 0 fully saturated rings. The maximum atomic E-state index is 11.4. The van der Waals surface area contributed by atoms with Crippen molar-refractivity contribution in [3.05, 3.63) is 57.0 Å². The van der Waals surface area contributed by atoms with Gasteiger partial charge in [-0.15, -0.1) is 0 Å². The van der Waals surface area contributed by atoms with E-state index in [0.29, 0.717) is 11.6 Å². The highest BCUT2D eigenvalue weighted by molar-refractivity contribution is 6.30. The van der Waals surface area contributed by atoms with Gasteiger partial charge in [-0.2, -0.15) is 0 Å². The van der Waals surface area contributed by atoms with Crippen molar-refractivity contribution in [2.24, 2.45) is 0 Å². The van der Waals surface area contributed by atoms with E-state index in [1.165, 1.54) is 0 Å². The van der Waals surface area contributed by atoms with Gasteiger partial charge in [0.2, 0.25) is 0 Å². The fraction of sp³-hybridized carbons (Fsp3) is 0.182. The van der Waals surface area contributed by atoms with Gasteiger partial charge >= 0.3 is 0 Å². The average Bonchev–Trinajstić information content (AvgIpc) is 2.45. The highest BCUT2D eigenvalue weighted by Gasteiger charge is 2.00. The molecule has 0 bridgehead atoms. The predicted molar refractivity (Wildman–Crippen MR) is 60.3 cm³/mol. The van der Waals surface area contributed by atoms with E-state index in [1.54, 1.807) is 10.7 Å². The molecule has 2 aromatic rings. The molecule has 0 radical (unpaired) electrons. The summed E-state index contributed by atoms with van der Waals surface area (Å²) in [6, 6.07) is 9.05. The molecular formula is C11H11ClN2O. The highest BCUT2D eigenvalue weighted by atomic mass is 35.5. The lowest BCUT2D eigenvalue weighted by Gasteiger charge is -2.02. The number of hydrogen-bond acceptors (Lipinski definition) is 1. The molecule has 0 spiro atoms. The van der Waals surface area contributed by atoms with Crippen molar-refractivity contribution in [3.8, 4) is 0 Å². The summed E-state index contributed by atoms with van der Waals surface area (Å²) in [7, 11) is 0. The second-order valence-corrected chi connectivity index (χ2v) is 3.93. The number of rotatable bonds is 2. The minimum Gasteiger partial charge on any atom is -0.300 e. The number of aromatic amines is 1. The summed E-state index contributed by atoms with van der Waals surface area (Å²) in [5.74, 6) is 0. The van der Waals surface area contributed by atoms with Gasteiger partial charge in [0, 0.05) is 16.8 Å². The van der Waals surface area contributed by atoms with Crippen molar-refractivity contribution in [1.29, 1.82) is 0 Å². The number of nitrogens with one attached hydrogen (secondary N) is 1. The predicted octanol–water partition coefficient (Wildman–Crippen LogP) is 2.19.